The molecule has 1 aliphatic carbocycles. The Bertz CT molecular complexity index is 817. The predicted octanol–water partition coefficient (Wildman–Crippen LogP) is 3.56. The van der Waals surface area contributed by atoms with Gasteiger partial charge in [-0.2, -0.15) is 0 Å². The SMILES string of the molecule is COc1ccc(N2C(=O)CC(C)(C)C23C(=O)C=C(C)C(O)=C3C)cc1. The van der Waals surface area contributed by atoms with Crippen LogP contribution >= 0.6 is 0 Å². The topological polar surface area (TPSA) is 66.8 Å². The summed E-state index contributed by atoms with van der Waals surface area (Å²) in [6, 6.07) is 7.05. The van der Waals surface area contributed by atoms with Gasteiger partial charge < -0.3 is 9.84 Å². The van der Waals surface area contributed by atoms with Crippen molar-refractivity contribution in [3.8, 4) is 5.75 Å². The highest BCUT2D eigenvalue weighted by atomic mass is 16.5. The number of carbonyl (C=O) groups excluding carboxylic acids is 2. The Balaban J connectivity index is 2.26. The van der Waals surface area contributed by atoms with Crippen LogP contribution in [0.5, 0.6) is 5.75 Å². The molecule has 0 bridgehead atoms. The monoisotopic (exact) mass is 341 g/mol. The van der Waals surface area contributed by atoms with Gasteiger partial charge in [0.05, 0.1) is 7.11 Å². The summed E-state index contributed by atoms with van der Waals surface area (Å²) in [4.78, 5) is 27.7. The van der Waals surface area contributed by atoms with Crippen LogP contribution in [0.3, 0.4) is 0 Å². The van der Waals surface area contributed by atoms with Gasteiger partial charge >= 0.3 is 0 Å². The number of benzene rings is 1. The highest BCUT2D eigenvalue weighted by Gasteiger charge is 2.64. The van der Waals surface area contributed by atoms with Crippen molar-refractivity contribution in [3.63, 3.8) is 0 Å². The molecular weight excluding hydrogens is 318 g/mol. The number of ether oxygens (including phenoxy) is 1. The van der Waals surface area contributed by atoms with Crippen LogP contribution in [0.4, 0.5) is 5.69 Å². The zero-order valence-electron chi connectivity index (χ0n) is 15.2. The largest absolute Gasteiger partial charge is 0.508 e. The average Bonchev–Trinajstić information content (AvgIpc) is 2.77. The van der Waals surface area contributed by atoms with E-state index in [1.165, 1.54) is 6.08 Å². The third-order valence-corrected chi connectivity index (χ3v) is 5.46. The number of rotatable bonds is 2. The van der Waals surface area contributed by atoms with Crippen LogP contribution in [0.25, 0.3) is 0 Å². The van der Waals surface area contributed by atoms with Gasteiger partial charge in [0.15, 0.2) is 5.78 Å². The van der Waals surface area contributed by atoms with E-state index in [1.807, 2.05) is 13.8 Å². The van der Waals surface area contributed by atoms with E-state index in [4.69, 9.17) is 4.74 Å². The summed E-state index contributed by atoms with van der Waals surface area (Å²) in [7, 11) is 1.57. The molecule has 1 aromatic carbocycles. The molecule has 1 fully saturated rings. The van der Waals surface area contributed by atoms with Crippen LogP contribution in [0, 0.1) is 5.41 Å². The normalized spacial score (nSPS) is 25.6. The number of ketones is 1. The van der Waals surface area contributed by atoms with E-state index in [-0.39, 0.29) is 23.9 Å². The molecule has 2 aliphatic rings. The van der Waals surface area contributed by atoms with Crippen LogP contribution < -0.4 is 9.64 Å². The first-order valence-corrected chi connectivity index (χ1v) is 8.27. The lowest BCUT2D eigenvalue weighted by molar-refractivity contribution is -0.122. The van der Waals surface area contributed by atoms with Crippen molar-refractivity contribution in [3.05, 3.63) is 47.2 Å². The average molecular weight is 341 g/mol. The summed E-state index contributed by atoms with van der Waals surface area (Å²) in [5.74, 6) is 0.445. The molecule has 1 amide bonds. The highest BCUT2D eigenvalue weighted by molar-refractivity contribution is 6.15. The fourth-order valence-corrected chi connectivity index (χ4v) is 4.28. The van der Waals surface area contributed by atoms with Crippen LogP contribution in [0.2, 0.25) is 0 Å². The van der Waals surface area contributed by atoms with Crippen molar-refractivity contribution in [1.29, 1.82) is 0 Å². The fraction of sp³-hybridized carbons (Fsp3) is 0.400. The molecular formula is C20H23NO4. The maximum Gasteiger partial charge on any atom is 0.228 e. The first-order chi connectivity index (χ1) is 11.7. The zero-order valence-corrected chi connectivity index (χ0v) is 15.2. The van der Waals surface area contributed by atoms with E-state index in [0.717, 1.165) is 0 Å². The van der Waals surface area contributed by atoms with Gasteiger partial charge in [0.2, 0.25) is 5.91 Å². The van der Waals surface area contributed by atoms with Crippen molar-refractivity contribution in [2.45, 2.75) is 39.7 Å². The molecule has 5 nitrogen and oxygen atoms in total. The number of aliphatic hydroxyl groups excluding tert-OH is 1. The Morgan fingerprint density at radius 2 is 1.72 bits per heavy atom. The lowest BCUT2D eigenvalue weighted by atomic mass is 9.64. The van der Waals surface area contributed by atoms with Gasteiger partial charge in [-0.15, -0.1) is 0 Å². The minimum Gasteiger partial charge on any atom is -0.508 e. The molecule has 0 saturated carbocycles. The van der Waals surface area contributed by atoms with Crippen molar-refractivity contribution in [2.24, 2.45) is 5.41 Å². The predicted molar refractivity (Wildman–Crippen MR) is 95.7 cm³/mol. The van der Waals surface area contributed by atoms with Crippen molar-refractivity contribution < 1.29 is 19.4 Å². The highest BCUT2D eigenvalue weighted by Crippen LogP contribution is 2.54. The van der Waals surface area contributed by atoms with Gasteiger partial charge in [-0.3, -0.25) is 14.5 Å². The second-order valence-electron chi connectivity index (χ2n) is 7.36. The molecule has 1 N–H and O–H groups in total. The minimum atomic E-state index is -1.22. The number of allylic oxidation sites excluding steroid dienone is 1. The lowest BCUT2D eigenvalue weighted by Gasteiger charge is -2.47. The Hall–Kier alpha value is -2.56. The lowest BCUT2D eigenvalue weighted by Crippen LogP contribution is -2.60. The summed E-state index contributed by atoms with van der Waals surface area (Å²) < 4.78 is 5.18. The smallest absolute Gasteiger partial charge is 0.228 e. The van der Waals surface area contributed by atoms with E-state index in [1.54, 1.807) is 50.1 Å². The number of anilines is 1. The number of carbonyl (C=O) groups is 2. The zero-order chi connectivity index (χ0) is 18.6. The molecule has 1 aromatic rings. The number of methoxy groups -OCH3 is 1. The van der Waals surface area contributed by atoms with Gasteiger partial charge in [-0.05, 0) is 49.8 Å². The number of aliphatic hydroxyl groups is 1. The molecule has 1 unspecified atom stereocenters. The molecule has 1 spiro atoms. The molecule has 3 rings (SSSR count). The summed E-state index contributed by atoms with van der Waals surface area (Å²) in [6.07, 6.45) is 1.67. The van der Waals surface area contributed by atoms with Crippen molar-refractivity contribution in [1.82, 2.24) is 0 Å². The first kappa shape index (κ1) is 17.3. The molecule has 1 saturated heterocycles. The summed E-state index contributed by atoms with van der Waals surface area (Å²) in [6.45, 7) is 7.24. The first-order valence-electron chi connectivity index (χ1n) is 8.27. The second-order valence-corrected chi connectivity index (χ2v) is 7.36. The molecule has 132 valence electrons. The van der Waals surface area contributed by atoms with E-state index >= 15 is 0 Å². The standard InChI is InChI=1S/C20H23NO4/c1-12-10-16(22)20(13(2)18(12)24)19(3,4)11-17(23)21(20)14-6-8-15(25-5)9-7-14/h6-10,24H,11H2,1-5H3. The van der Waals surface area contributed by atoms with Gasteiger partial charge in [0.25, 0.3) is 0 Å². The van der Waals surface area contributed by atoms with Crippen LogP contribution in [-0.2, 0) is 9.59 Å². The van der Waals surface area contributed by atoms with Gasteiger partial charge in [-0.1, -0.05) is 13.8 Å². The molecule has 0 radical (unpaired) electrons. The van der Waals surface area contributed by atoms with Crippen LogP contribution in [0.1, 0.15) is 34.1 Å². The van der Waals surface area contributed by atoms with E-state index in [2.05, 4.69) is 0 Å². The molecule has 5 heteroatoms. The molecule has 1 atom stereocenters. The second kappa shape index (κ2) is 5.48. The molecule has 1 heterocycles. The molecule has 0 aromatic heterocycles. The Morgan fingerprint density at radius 1 is 1.12 bits per heavy atom. The van der Waals surface area contributed by atoms with E-state index in [9.17, 15) is 14.7 Å². The number of nitrogens with zero attached hydrogens (tertiary/aromatic N) is 1. The quantitative estimate of drug-likeness (QED) is 0.893. The molecule has 1 aliphatic heterocycles. The van der Waals surface area contributed by atoms with E-state index < -0.39 is 11.0 Å². The summed E-state index contributed by atoms with van der Waals surface area (Å²) in [5, 5.41) is 10.6. The Labute approximate surface area is 147 Å². The summed E-state index contributed by atoms with van der Waals surface area (Å²) in [5.41, 5.74) is -0.217. The fourth-order valence-electron chi connectivity index (χ4n) is 4.28. The summed E-state index contributed by atoms with van der Waals surface area (Å²) >= 11 is 0. The number of amides is 1. The Kier molecular flexibility index (Phi) is 3.78. The Morgan fingerprint density at radius 3 is 2.28 bits per heavy atom. The van der Waals surface area contributed by atoms with Crippen LogP contribution in [0.15, 0.2) is 47.2 Å². The van der Waals surface area contributed by atoms with Gasteiger partial charge in [0, 0.05) is 23.1 Å². The van der Waals surface area contributed by atoms with Crippen molar-refractivity contribution >= 4 is 17.4 Å². The maximum absolute atomic E-state index is 13.2. The third-order valence-electron chi connectivity index (χ3n) is 5.46. The van der Waals surface area contributed by atoms with E-state index in [0.29, 0.717) is 22.6 Å². The maximum atomic E-state index is 13.2. The van der Waals surface area contributed by atoms with Gasteiger partial charge in [-0.25, -0.2) is 0 Å². The minimum absolute atomic E-state index is 0.0842. The van der Waals surface area contributed by atoms with Crippen LogP contribution in [-0.4, -0.2) is 29.4 Å². The number of hydrogen-bond acceptors (Lipinski definition) is 4. The molecule has 25 heavy (non-hydrogen) atoms. The van der Waals surface area contributed by atoms with Gasteiger partial charge in [0.1, 0.15) is 17.0 Å². The third kappa shape index (κ3) is 2.15. The number of hydrogen-bond donors (Lipinski definition) is 1. The van der Waals surface area contributed by atoms with Crippen molar-refractivity contribution in [2.75, 3.05) is 12.0 Å².